The van der Waals surface area contributed by atoms with Crippen LogP contribution in [0.15, 0.2) is 12.3 Å². The van der Waals surface area contributed by atoms with Crippen LogP contribution in [0.1, 0.15) is 46.5 Å². The second kappa shape index (κ2) is 6.89. The fourth-order valence-electron chi connectivity index (χ4n) is 2.11. The van der Waals surface area contributed by atoms with E-state index in [9.17, 15) is 0 Å². The number of rotatable bonds is 6. The van der Waals surface area contributed by atoms with E-state index in [-0.39, 0.29) is 0 Å². The number of nitrogens with one attached hydrogen (secondary N) is 1. The molecule has 0 bridgehead atoms. The van der Waals surface area contributed by atoms with E-state index >= 15 is 0 Å². The van der Waals surface area contributed by atoms with Gasteiger partial charge < -0.3 is 4.90 Å². The van der Waals surface area contributed by atoms with E-state index in [0.717, 1.165) is 12.5 Å². The molecule has 1 N–H and O–H groups in total. The summed E-state index contributed by atoms with van der Waals surface area (Å²) in [5.41, 5.74) is 0. The Morgan fingerprint density at radius 2 is 2.27 bits per heavy atom. The summed E-state index contributed by atoms with van der Waals surface area (Å²) in [6.45, 7) is 9.06. The van der Waals surface area contributed by atoms with E-state index in [0.29, 0.717) is 6.17 Å². The fraction of sp³-hybridized carbons (Fsp3) is 0.846. The highest BCUT2D eigenvalue weighted by atomic mass is 15.3. The summed E-state index contributed by atoms with van der Waals surface area (Å²) in [4.78, 5) is 2.44. The normalized spacial score (nSPS) is 23.1. The Balaban J connectivity index is 2.35. The van der Waals surface area contributed by atoms with Crippen molar-refractivity contribution in [2.24, 2.45) is 5.92 Å². The van der Waals surface area contributed by atoms with Gasteiger partial charge in [-0.3, -0.25) is 5.32 Å². The Kier molecular flexibility index (Phi) is 5.77. The van der Waals surface area contributed by atoms with E-state index in [1.165, 1.54) is 32.2 Å². The summed E-state index contributed by atoms with van der Waals surface area (Å²) in [6, 6.07) is 0. The number of hydrogen-bond acceptors (Lipinski definition) is 2. The van der Waals surface area contributed by atoms with Gasteiger partial charge in [0.15, 0.2) is 0 Å². The molecule has 1 aliphatic heterocycles. The molecule has 0 aromatic carbocycles. The van der Waals surface area contributed by atoms with Crippen LogP contribution in [0.3, 0.4) is 0 Å². The summed E-state index contributed by atoms with van der Waals surface area (Å²) in [5, 5.41) is 3.46. The molecule has 15 heavy (non-hydrogen) atoms. The topological polar surface area (TPSA) is 15.3 Å². The minimum Gasteiger partial charge on any atom is -0.362 e. The molecule has 2 unspecified atom stereocenters. The molecule has 0 radical (unpaired) electrons. The Bertz CT molecular complexity index is 189. The smallest absolute Gasteiger partial charge is 0.0764 e. The van der Waals surface area contributed by atoms with E-state index < -0.39 is 0 Å². The van der Waals surface area contributed by atoms with Gasteiger partial charge in [0.25, 0.3) is 0 Å². The molecule has 0 spiro atoms. The minimum atomic E-state index is 0.505. The zero-order chi connectivity index (χ0) is 11.1. The molecule has 2 nitrogen and oxygen atoms in total. The molecule has 1 heterocycles. The van der Waals surface area contributed by atoms with Crippen LogP contribution in [-0.4, -0.2) is 24.2 Å². The zero-order valence-electron chi connectivity index (χ0n) is 10.5. The van der Waals surface area contributed by atoms with Gasteiger partial charge in [-0.15, -0.1) is 0 Å². The van der Waals surface area contributed by atoms with Crippen molar-refractivity contribution in [3.05, 3.63) is 12.3 Å². The van der Waals surface area contributed by atoms with Crippen LogP contribution in [0.2, 0.25) is 0 Å². The number of hydrogen-bond donors (Lipinski definition) is 1. The van der Waals surface area contributed by atoms with Crippen molar-refractivity contribution in [3.63, 3.8) is 0 Å². The lowest BCUT2D eigenvalue weighted by Crippen LogP contribution is -2.45. The molecule has 88 valence electrons. The quantitative estimate of drug-likeness (QED) is 0.725. The van der Waals surface area contributed by atoms with Gasteiger partial charge in [-0.05, 0) is 25.5 Å². The summed E-state index contributed by atoms with van der Waals surface area (Å²) in [6.07, 6.45) is 10.4. The predicted molar refractivity (Wildman–Crippen MR) is 66.6 cm³/mol. The molecule has 0 saturated carbocycles. The maximum absolute atomic E-state index is 3.46. The van der Waals surface area contributed by atoms with Gasteiger partial charge in [0.1, 0.15) is 0 Å². The molecule has 0 saturated heterocycles. The van der Waals surface area contributed by atoms with Gasteiger partial charge in [0.2, 0.25) is 0 Å². The van der Waals surface area contributed by atoms with Gasteiger partial charge in [-0.25, -0.2) is 0 Å². The lowest BCUT2D eigenvalue weighted by molar-refractivity contribution is 0.200. The number of nitrogens with zero attached hydrogens (tertiary/aromatic N) is 1. The van der Waals surface area contributed by atoms with Gasteiger partial charge in [0.05, 0.1) is 6.17 Å². The largest absolute Gasteiger partial charge is 0.362 e. The lowest BCUT2D eigenvalue weighted by Gasteiger charge is -2.34. The second-order valence-electron chi connectivity index (χ2n) is 4.58. The van der Waals surface area contributed by atoms with Crippen molar-refractivity contribution in [1.29, 1.82) is 0 Å². The fourth-order valence-corrected chi connectivity index (χ4v) is 2.11. The standard InChI is InChI=1S/C13H26N2/c1-4-6-8-13(5-2)11-15-10-7-9-14-12(15)3/h7,10,12-14H,4-6,8-9,11H2,1-3H3. The van der Waals surface area contributed by atoms with Gasteiger partial charge in [0, 0.05) is 13.1 Å². The Labute approximate surface area is 94.7 Å². The van der Waals surface area contributed by atoms with E-state index in [2.05, 4.69) is 43.3 Å². The average Bonchev–Trinajstić information content (AvgIpc) is 2.26. The molecule has 2 atom stereocenters. The first-order chi connectivity index (χ1) is 7.27. The van der Waals surface area contributed by atoms with Crippen LogP contribution in [0.5, 0.6) is 0 Å². The number of unbranched alkanes of at least 4 members (excludes halogenated alkanes) is 1. The molecule has 0 amide bonds. The maximum Gasteiger partial charge on any atom is 0.0764 e. The van der Waals surface area contributed by atoms with E-state index in [4.69, 9.17) is 0 Å². The summed E-state index contributed by atoms with van der Waals surface area (Å²) in [5.74, 6) is 0.858. The molecule has 0 aromatic heterocycles. The van der Waals surface area contributed by atoms with E-state index in [1.807, 2.05) is 0 Å². The van der Waals surface area contributed by atoms with Crippen LogP contribution in [0.4, 0.5) is 0 Å². The van der Waals surface area contributed by atoms with Crippen LogP contribution >= 0.6 is 0 Å². The van der Waals surface area contributed by atoms with Crippen molar-refractivity contribution in [1.82, 2.24) is 10.2 Å². The minimum absolute atomic E-state index is 0.505. The average molecular weight is 210 g/mol. The van der Waals surface area contributed by atoms with Crippen LogP contribution in [0.25, 0.3) is 0 Å². The summed E-state index contributed by atoms with van der Waals surface area (Å²) < 4.78 is 0. The second-order valence-corrected chi connectivity index (χ2v) is 4.58. The van der Waals surface area contributed by atoms with Crippen LogP contribution in [0, 0.1) is 5.92 Å². The molecule has 2 heteroatoms. The van der Waals surface area contributed by atoms with Crippen molar-refractivity contribution in [3.8, 4) is 0 Å². The molecule has 0 aliphatic carbocycles. The highest BCUT2D eigenvalue weighted by molar-refractivity contribution is 4.92. The highest BCUT2D eigenvalue weighted by Crippen LogP contribution is 2.16. The van der Waals surface area contributed by atoms with E-state index in [1.54, 1.807) is 0 Å². The monoisotopic (exact) mass is 210 g/mol. The summed E-state index contributed by atoms with van der Waals surface area (Å²) in [7, 11) is 0. The van der Waals surface area contributed by atoms with Crippen molar-refractivity contribution < 1.29 is 0 Å². The maximum atomic E-state index is 3.46. The predicted octanol–water partition coefficient (Wildman–Crippen LogP) is 2.97. The van der Waals surface area contributed by atoms with Crippen molar-refractivity contribution in [2.45, 2.75) is 52.6 Å². The van der Waals surface area contributed by atoms with Crippen LogP contribution in [-0.2, 0) is 0 Å². The molecule has 0 fully saturated rings. The molecule has 0 aromatic rings. The summed E-state index contributed by atoms with van der Waals surface area (Å²) >= 11 is 0. The lowest BCUT2D eigenvalue weighted by atomic mass is 9.98. The Hall–Kier alpha value is -0.500. The molecule has 1 rings (SSSR count). The molecule has 1 aliphatic rings. The first kappa shape index (κ1) is 12.6. The third kappa shape index (κ3) is 4.25. The Morgan fingerprint density at radius 1 is 1.47 bits per heavy atom. The Morgan fingerprint density at radius 3 is 2.87 bits per heavy atom. The highest BCUT2D eigenvalue weighted by Gasteiger charge is 2.16. The molecular weight excluding hydrogens is 184 g/mol. The first-order valence-electron chi connectivity index (χ1n) is 6.43. The van der Waals surface area contributed by atoms with Crippen LogP contribution < -0.4 is 5.32 Å². The molecular formula is C13H26N2. The third-order valence-corrected chi connectivity index (χ3v) is 3.34. The van der Waals surface area contributed by atoms with Gasteiger partial charge >= 0.3 is 0 Å². The first-order valence-corrected chi connectivity index (χ1v) is 6.43. The van der Waals surface area contributed by atoms with Gasteiger partial charge in [-0.1, -0.05) is 39.2 Å². The van der Waals surface area contributed by atoms with Gasteiger partial charge in [-0.2, -0.15) is 0 Å². The SMILES string of the molecule is CCCCC(CC)CN1C=CCNC1C. The third-order valence-electron chi connectivity index (χ3n) is 3.34. The zero-order valence-corrected chi connectivity index (χ0v) is 10.5. The van der Waals surface area contributed by atoms with Crippen molar-refractivity contribution >= 4 is 0 Å². The van der Waals surface area contributed by atoms with Crippen molar-refractivity contribution in [2.75, 3.05) is 13.1 Å².